The highest BCUT2D eigenvalue weighted by Crippen LogP contribution is 2.34. The van der Waals surface area contributed by atoms with Crippen LogP contribution in [0.3, 0.4) is 0 Å². The van der Waals surface area contributed by atoms with Gasteiger partial charge in [-0.3, -0.25) is 0 Å². The minimum Gasteiger partial charge on any atom is -0.407 e. The number of unbranched alkanes of at least 4 members (excludes halogenated alkanes) is 1. The van der Waals surface area contributed by atoms with Gasteiger partial charge in [-0.1, -0.05) is 93.6 Å². The summed E-state index contributed by atoms with van der Waals surface area (Å²) in [5.41, 5.74) is 1.95. The van der Waals surface area contributed by atoms with E-state index in [0.717, 1.165) is 16.3 Å². The molecule has 3 aromatic rings. The largest absolute Gasteiger partial charge is 0.407 e. The van der Waals surface area contributed by atoms with Crippen LogP contribution >= 0.6 is 0 Å². The summed E-state index contributed by atoms with van der Waals surface area (Å²) in [4.78, 5) is 11.8. The molecule has 2 N–H and O–H groups in total. The molecule has 0 aliphatic heterocycles. The van der Waals surface area contributed by atoms with E-state index in [9.17, 15) is 18.3 Å². The van der Waals surface area contributed by atoms with Crippen LogP contribution in [-0.4, -0.2) is 57.5 Å². The van der Waals surface area contributed by atoms with Crippen LogP contribution in [0.2, 0.25) is 5.04 Å². The second kappa shape index (κ2) is 12.3. The summed E-state index contributed by atoms with van der Waals surface area (Å²) in [6, 6.07) is 26.0. The summed E-state index contributed by atoms with van der Waals surface area (Å²) in [6.45, 7) is 6.25. The van der Waals surface area contributed by atoms with E-state index in [0.29, 0.717) is 12.8 Å². The van der Waals surface area contributed by atoms with Crippen molar-refractivity contribution >= 4 is 23.8 Å². The topological polar surface area (TPSA) is 87.1 Å². The molecule has 0 radical (unpaired) electrons. The minimum atomic E-state index is -3.79. The Morgan fingerprint density at radius 2 is 1.36 bits per heavy atom. The summed E-state index contributed by atoms with van der Waals surface area (Å²) in [6.07, 6.45) is 1.03. The molecular weight excluding hydrogens is 490 g/mol. The minimum absolute atomic E-state index is 0.000849. The first kappa shape index (κ1) is 28.2. The van der Waals surface area contributed by atoms with Crippen LogP contribution in [0, 0.1) is 0 Å². The van der Waals surface area contributed by atoms with Gasteiger partial charge in [0, 0.05) is 24.7 Å². The summed E-state index contributed by atoms with van der Waals surface area (Å²) < 4.78 is 34.7. The highest BCUT2D eigenvalue weighted by Gasteiger charge is 2.48. The molecule has 36 heavy (non-hydrogen) atoms. The quantitative estimate of drug-likeness (QED) is 0.271. The molecule has 8 heteroatoms. The monoisotopic (exact) mass is 527 g/mol. The van der Waals surface area contributed by atoms with Crippen molar-refractivity contribution in [1.29, 1.82) is 0 Å². The smallest absolute Gasteiger partial charge is 0.375 e. The number of nitrogens with zero attached hydrogens (tertiary/aromatic N) is 1. The van der Waals surface area contributed by atoms with Gasteiger partial charge < -0.3 is 14.3 Å². The molecule has 0 saturated heterocycles. The second-order valence-electron chi connectivity index (χ2n) is 9.83. The third-order valence-corrected chi connectivity index (χ3v) is 11.9. The van der Waals surface area contributed by atoms with E-state index in [-0.39, 0.29) is 31.2 Å². The van der Waals surface area contributed by atoms with Crippen molar-refractivity contribution in [1.82, 2.24) is 4.31 Å². The van der Waals surface area contributed by atoms with Gasteiger partial charge in [-0.15, -0.1) is 0 Å². The van der Waals surface area contributed by atoms with Crippen LogP contribution in [0.1, 0.15) is 33.6 Å². The molecule has 6 nitrogen and oxygen atoms in total. The van der Waals surface area contributed by atoms with Crippen molar-refractivity contribution in [3.8, 4) is 11.1 Å². The van der Waals surface area contributed by atoms with Crippen molar-refractivity contribution < 1.29 is 22.7 Å². The molecule has 1 unspecified atom stereocenters. The molecule has 0 aliphatic carbocycles. The molecule has 1 atom stereocenters. The van der Waals surface area contributed by atoms with Gasteiger partial charge in [0.25, 0.3) is 0 Å². The molecule has 0 aromatic heterocycles. The first-order valence-electron chi connectivity index (χ1n) is 12.3. The highest BCUT2D eigenvalue weighted by molar-refractivity contribution is 7.89. The summed E-state index contributed by atoms with van der Waals surface area (Å²) in [5.74, 6) is 0. The number of rotatable bonds is 12. The highest BCUT2D eigenvalue weighted by atomic mass is 32.2. The number of aliphatic hydroxyl groups excluding tert-OH is 1. The molecule has 0 heterocycles. The Hall–Kier alpha value is -2.33. The lowest BCUT2D eigenvalue weighted by Gasteiger charge is -2.37. The Bertz CT molecular complexity index is 1180. The average molecular weight is 528 g/mol. The van der Waals surface area contributed by atoms with Gasteiger partial charge >= 0.3 is 8.56 Å². The van der Waals surface area contributed by atoms with Crippen LogP contribution < -0.4 is 5.19 Å². The van der Waals surface area contributed by atoms with Crippen molar-refractivity contribution in [3.63, 3.8) is 0 Å². The molecule has 0 aliphatic rings. The molecule has 3 rings (SSSR count). The van der Waals surface area contributed by atoms with Gasteiger partial charge in [-0.25, -0.2) is 8.42 Å². The number of benzene rings is 3. The first-order valence-corrected chi connectivity index (χ1v) is 15.6. The van der Waals surface area contributed by atoms with Crippen molar-refractivity contribution in [2.45, 2.75) is 43.5 Å². The Kier molecular flexibility index (Phi) is 9.63. The number of hydrogen-bond acceptors (Lipinski definition) is 5. The standard InChI is InChI=1S/C28H37NO5SSi/c1-28(2,3)36(33,27-14-8-5-9-15-27)34-23-21-29(20-10-11-22-30)35(31,32)26-18-16-25(17-19-26)24-12-6-4-7-13-24/h4-9,12-19,30,33H,10-11,20-23H2,1-3H3. The van der Waals surface area contributed by atoms with E-state index in [4.69, 9.17) is 4.43 Å². The predicted molar refractivity (Wildman–Crippen MR) is 147 cm³/mol. The van der Waals surface area contributed by atoms with Crippen LogP contribution in [0.5, 0.6) is 0 Å². The fraction of sp³-hybridized carbons (Fsp3) is 0.357. The van der Waals surface area contributed by atoms with Crippen LogP contribution in [-0.2, 0) is 14.4 Å². The Labute approximate surface area is 216 Å². The average Bonchev–Trinajstić information content (AvgIpc) is 2.88. The Balaban J connectivity index is 1.80. The molecule has 0 spiro atoms. The summed E-state index contributed by atoms with van der Waals surface area (Å²) in [7, 11) is -7.17. The van der Waals surface area contributed by atoms with E-state index in [1.54, 1.807) is 12.1 Å². The third-order valence-electron chi connectivity index (χ3n) is 6.25. The number of sulfonamides is 1. The Morgan fingerprint density at radius 3 is 1.92 bits per heavy atom. The molecule has 194 valence electrons. The van der Waals surface area contributed by atoms with E-state index >= 15 is 0 Å². The number of hydrogen-bond donors (Lipinski definition) is 2. The first-order chi connectivity index (χ1) is 17.1. The predicted octanol–water partition coefficient (Wildman–Crippen LogP) is 4.28. The molecule has 0 fully saturated rings. The zero-order chi connectivity index (χ0) is 26.2. The maximum Gasteiger partial charge on any atom is 0.375 e. The van der Waals surface area contributed by atoms with Crippen LogP contribution in [0.4, 0.5) is 0 Å². The van der Waals surface area contributed by atoms with Crippen LogP contribution in [0.25, 0.3) is 11.1 Å². The van der Waals surface area contributed by atoms with E-state index in [2.05, 4.69) is 0 Å². The zero-order valence-corrected chi connectivity index (χ0v) is 23.1. The lowest BCUT2D eigenvalue weighted by atomic mass is 10.1. The van der Waals surface area contributed by atoms with Gasteiger partial charge in [0.1, 0.15) is 0 Å². The van der Waals surface area contributed by atoms with E-state index in [1.165, 1.54) is 4.31 Å². The lowest BCUT2D eigenvalue weighted by molar-refractivity contribution is 0.198. The fourth-order valence-corrected chi connectivity index (χ4v) is 8.00. The molecule has 0 bridgehead atoms. The van der Waals surface area contributed by atoms with Gasteiger partial charge in [-0.2, -0.15) is 4.31 Å². The summed E-state index contributed by atoms with van der Waals surface area (Å²) in [5, 5.41) is 9.46. The Morgan fingerprint density at radius 1 is 0.806 bits per heavy atom. The van der Waals surface area contributed by atoms with Crippen molar-refractivity contribution in [2.24, 2.45) is 0 Å². The second-order valence-corrected chi connectivity index (χ2v) is 15.4. The summed E-state index contributed by atoms with van der Waals surface area (Å²) >= 11 is 0. The van der Waals surface area contributed by atoms with E-state index < -0.39 is 23.6 Å². The van der Waals surface area contributed by atoms with E-state index in [1.807, 2.05) is 93.6 Å². The SMILES string of the molecule is CC(C)(C)[Si](O)(OCCN(CCCCO)S(=O)(=O)c1ccc(-c2ccccc2)cc1)c1ccccc1. The molecule has 0 amide bonds. The molecule has 3 aromatic carbocycles. The number of aliphatic hydroxyl groups is 1. The fourth-order valence-electron chi connectivity index (χ4n) is 4.04. The molecule has 0 saturated carbocycles. The van der Waals surface area contributed by atoms with Gasteiger partial charge in [0.05, 0.1) is 11.5 Å². The maximum atomic E-state index is 13.6. The maximum absolute atomic E-state index is 13.6. The van der Waals surface area contributed by atoms with Crippen molar-refractivity contribution in [2.75, 3.05) is 26.3 Å². The normalized spacial score (nSPS) is 14.1. The lowest BCUT2D eigenvalue weighted by Crippen LogP contribution is -2.59. The zero-order valence-electron chi connectivity index (χ0n) is 21.3. The van der Waals surface area contributed by atoms with Crippen LogP contribution in [0.15, 0.2) is 89.8 Å². The molecular formula is C28H37NO5SSi. The van der Waals surface area contributed by atoms with Gasteiger partial charge in [0.15, 0.2) is 0 Å². The van der Waals surface area contributed by atoms with Gasteiger partial charge in [-0.05, 0) is 41.3 Å². The van der Waals surface area contributed by atoms with Crippen molar-refractivity contribution in [3.05, 3.63) is 84.9 Å². The third kappa shape index (κ3) is 6.70. The van der Waals surface area contributed by atoms with Gasteiger partial charge in [0.2, 0.25) is 10.0 Å².